The molecule has 6 heteroatoms. The van der Waals surface area contributed by atoms with Crippen molar-refractivity contribution in [1.29, 1.82) is 0 Å². The van der Waals surface area contributed by atoms with Crippen molar-refractivity contribution < 1.29 is 25.2 Å². The minimum absolute atomic E-state index is 0. The molecule has 0 fully saturated rings. The third-order valence-electron chi connectivity index (χ3n) is 11.8. The number of phenolic OH excluding ortho intramolecular Hbond substituents is 1. The van der Waals surface area contributed by atoms with E-state index in [9.17, 15) is 5.11 Å². The Morgan fingerprint density at radius 3 is 1.49 bits per heavy atom. The number of nitrogens with zero attached hydrogens (tertiary/aromatic N) is 4. The second-order valence-electron chi connectivity index (χ2n) is 16.9. The standard InChI is InChI=1S/C33H32N2O.C28H19N2.Ir/c1-23(2)28-19-26(25-13-7-5-8-14-25)20-29(24(3)4)33(28)31-21-34(30-17-11-12-18-32(30)36)22-35(31)27-15-9-6-10-16-27;1-2-8-21(9-3-1)22-12-14-23(15-13-22)24-18-25(27-10-4-6-16-29-27)20-26(19-24)28-11-5-7-17-30-28;/h5-15,17-24,36H,1-4H3;1-19H;/q-2;-1;+3. The first-order valence-corrected chi connectivity index (χ1v) is 22.5. The monoisotopic (exact) mass is 1050 g/mol. The maximum Gasteiger partial charge on any atom is 3.00 e. The van der Waals surface area contributed by atoms with Gasteiger partial charge in [-0.3, -0.25) is 9.97 Å². The van der Waals surface area contributed by atoms with E-state index in [1.807, 2.05) is 103 Å². The average molecular weight is 1050 g/mol. The third kappa shape index (κ3) is 10.5. The summed E-state index contributed by atoms with van der Waals surface area (Å²) in [5.74, 6) is 0.890. The van der Waals surface area contributed by atoms with E-state index in [0.717, 1.165) is 50.7 Å². The molecule has 9 aromatic rings. The van der Waals surface area contributed by atoms with Crippen LogP contribution in [0.15, 0.2) is 213 Å². The molecule has 0 spiro atoms. The molecule has 330 valence electrons. The summed E-state index contributed by atoms with van der Waals surface area (Å²) in [5.41, 5.74) is 17.5. The maximum absolute atomic E-state index is 10.6. The van der Waals surface area contributed by atoms with Crippen molar-refractivity contribution in [2.75, 3.05) is 9.80 Å². The number of rotatable bonds is 10. The smallest absolute Gasteiger partial charge is 0.506 e. The van der Waals surface area contributed by atoms with Crippen molar-refractivity contribution >= 4 is 17.1 Å². The van der Waals surface area contributed by atoms with Gasteiger partial charge in [0.05, 0.1) is 5.69 Å². The van der Waals surface area contributed by atoms with Crippen molar-refractivity contribution in [3.05, 3.63) is 248 Å². The molecule has 5 nitrogen and oxygen atoms in total. The predicted molar refractivity (Wildman–Crippen MR) is 273 cm³/mol. The summed E-state index contributed by atoms with van der Waals surface area (Å²) in [6, 6.07) is 72.9. The van der Waals surface area contributed by atoms with E-state index in [1.54, 1.807) is 6.07 Å². The van der Waals surface area contributed by atoms with Crippen LogP contribution in [-0.2, 0) is 20.1 Å². The molecule has 2 aromatic heterocycles. The van der Waals surface area contributed by atoms with Crippen LogP contribution < -0.4 is 9.80 Å². The predicted octanol–water partition coefficient (Wildman–Crippen LogP) is 15.5. The Balaban J connectivity index is 0.000000182. The van der Waals surface area contributed by atoms with Crippen molar-refractivity contribution in [2.45, 2.75) is 39.5 Å². The molecule has 1 N–H and O–H groups in total. The van der Waals surface area contributed by atoms with Crippen LogP contribution in [0.1, 0.15) is 56.2 Å². The van der Waals surface area contributed by atoms with Crippen molar-refractivity contribution in [1.82, 2.24) is 9.97 Å². The summed E-state index contributed by atoms with van der Waals surface area (Å²) in [4.78, 5) is 13.2. The molecule has 0 bridgehead atoms. The zero-order valence-corrected chi connectivity index (χ0v) is 40.4. The van der Waals surface area contributed by atoms with Gasteiger partial charge >= 0.3 is 20.1 Å². The summed E-state index contributed by atoms with van der Waals surface area (Å²) in [7, 11) is 0. The van der Waals surface area contributed by atoms with Crippen LogP contribution in [0.25, 0.3) is 61.6 Å². The fourth-order valence-electron chi connectivity index (χ4n) is 8.37. The zero-order chi connectivity index (χ0) is 45.4. The second-order valence-corrected chi connectivity index (χ2v) is 16.9. The van der Waals surface area contributed by atoms with Gasteiger partial charge in [-0.1, -0.05) is 178 Å². The molecule has 0 radical (unpaired) electrons. The van der Waals surface area contributed by atoms with Gasteiger partial charge in [0.15, 0.2) is 0 Å². The molecule has 0 amide bonds. The fraction of sp³-hybridized carbons (Fsp3) is 0.0984. The normalized spacial score (nSPS) is 12.1. The minimum Gasteiger partial charge on any atom is -0.506 e. The number of phenols is 1. The number of pyridine rings is 2. The molecular weight excluding hydrogens is 997 g/mol. The van der Waals surface area contributed by atoms with Gasteiger partial charge in [-0.05, 0) is 81.2 Å². The topological polar surface area (TPSA) is 52.5 Å². The van der Waals surface area contributed by atoms with Gasteiger partial charge in [-0.2, -0.15) is 30.3 Å². The van der Waals surface area contributed by atoms with E-state index in [4.69, 9.17) is 0 Å². The first-order valence-electron chi connectivity index (χ1n) is 22.5. The Hall–Kier alpha value is -7.37. The van der Waals surface area contributed by atoms with Crippen molar-refractivity contribution in [2.24, 2.45) is 0 Å². The average Bonchev–Trinajstić information content (AvgIpc) is 3.82. The van der Waals surface area contributed by atoms with Crippen LogP contribution in [0.3, 0.4) is 0 Å². The molecule has 7 aromatic carbocycles. The quantitative estimate of drug-likeness (QED) is 0.138. The van der Waals surface area contributed by atoms with Crippen LogP contribution in [0.4, 0.5) is 11.4 Å². The molecule has 3 heterocycles. The fourth-order valence-corrected chi connectivity index (χ4v) is 8.37. The Morgan fingerprint density at radius 1 is 0.507 bits per heavy atom. The van der Waals surface area contributed by atoms with Crippen LogP contribution in [0, 0.1) is 18.8 Å². The van der Waals surface area contributed by atoms with E-state index >= 15 is 0 Å². The summed E-state index contributed by atoms with van der Waals surface area (Å²) >= 11 is 0. The number of aromatic nitrogens is 2. The molecular formula is C61H51IrN4O. The summed E-state index contributed by atoms with van der Waals surface area (Å²) < 4.78 is 0. The first kappa shape index (κ1) is 46.2. The molecule has 1 aliphatic rings. The van der Waals surface area contributed by atoms with Crippen molar-refractivity contribution in [3.63, 3.8) is 0 Å². The molecule has 0 aliphatic carbocycles. The minimum atomic E-state index is 0. The van der Waals surface area contributed by atoms with E-state index in [1.165, 1.54) is 38.9 Å². The first-order chi connectivity index (χ1) is 32.3. The number of hydrogen-bond acceptors (Lipinski definition) is 5. The van der Waals surface area contributed by atoms with E-state index in [2.05, 4.69) is 170 Å². The number of hydrogen-bond donors (Lipinski definition) is 1. The van der Waals surface area contributed by atoms with Gasteiger partial charge in [0, 0.05) is 35.0 Å². The van der Waals surface area contributed by atoms with Gasteiger partial charge < -0.3 is 14.9 Å². The third-order valence-corrected chi connectivity index (χ3v) is 11.8. The Bertz CT molecular complexity index is 2960. The van der Waals surface area contributed by atoms with Crippen LogP contribution in [0.5, 0.6) is 5.75 Å². The molecule has 10 rings (SSSR count). The molecule has 1 aliphatic heterocycles. The summed E-state index contributed by atoms with van der Waals surface area (Å²) in [6.45, 7) is 11.1. The Labute approximate surface area is 409 Å². The van der Waals surface area contributed by atoms with E-state index in [0.29, 0.717) is 11.8 Å². The van der Waals surface area contributed by atoms with Gasteiger partial charge in [-0.25, -0.2) is 0 Å². The molecule has 67 heavy (non-hydrogen) atoms. The van der Waals surface area contributed by atoms with E-state index < -0.39 is 0 Å². The van der Waals surface area contributed by atoms with Gasteiger partial charge in [0.1, 0.15) is 5.75 Å². The van der Waals surface area contributed by atoms with Crippen LogP contribution in [0.2, 0.25) is 0 Å². The molecule has 0 saturated carbocycles. The molecule has 0 saturated heterocycles. The second kappa shape index (κ2) is 21.3. The Kier molecular flexibility index (Phi) is 14.7. The summed E-state index contributed by atoms with van der Waals surface area (Å²) in [5, 5.41) is 10.6. The number of anilines is 2. The van der Waals surface area contributed by atoms with Gasteiger partial charge in [0.2, 0.25) is 0 Å². The number of para-hydroxylation sites is 3. The maximum atomic E-state index is 10.6. The molecule has 0 atom stereocenters. The van der Waals surface area contributed by atoms with Crippen LogP contribution >= 0.6 is 0 Å². The van der Waals surface area contributed by atoms with Crippen LogP contribution in [-0.4, -0.2) is 15.1 Å². The molecule has 0 unspecified atom stereocenters. The van der Waals surface area contributed by atoms with E-state index in [-0.39, 0.29) is 25.9 Å². The largest absolute Gasteiger partial charge is 3.00 e. The van der Waals surface area contributed by atoms with Crippen molar-refractivity contribution in [3.8, 4) is 61.6 Å². The summed E-state index contributed by atoms with van der Waals surface area (Å²) in [6.07, 6.45) is 5.75. The number of aromatic hydroxyl groups is 1. The van der Waals surface area contributed by atoms with Gasteiger partial charge in [0.25, 0.3) is 0 Å². The van der Waals surface area contributed by atoms with Gasteiger partial charge in [-0.15, -0.1) is 30.6 Å². The Morgan fingerprint density at radius 2 is 0.985 bits per heavy atom. The SMILES string of the molecule is CC(C)c1cc(-c2ccccc2)cc(C(C)C)c1C1=CN(c2ccccc2O)[CH-]N1c1[c-]cccc1.[Ir+3].[c-]1c(-c2ccccn2)cc(-c2ccc(-c3ccccc3)cc2)cc1-c1ccccn1. The zero-order valence-electron chi connectivity index (χ0n) is 38.0. The number of benzene rings is 7.